The Morgan fingerprint density at radius 1 is 1.40 bits per heavy atom. The van der Waals surface area contributed by atoms with Crippen molar-refractivity contribution in [2.24, 2.45) is 0 Å². The van der Waals surface area contributed by atoms with Gasteiger partial charge in [-0.2, -0.15) is 5.10 Å². The van der Waals surface area contributed by atoms with Crippen molar-refractivity contribution in [3.05, 3.63) is 45.0 Å². The van der Waals surface area contributed by atoms with Crippen LogP contribution < -0.4 is 9.64 Å². The maximum Gasteiger partial charge on any atom is 0.163 e. The number of hydrogen-bond donors (Lipinski definition) is 0. The molecule has 0 N–H and O–H groups in total. The maximum atomic E-state index is 14.6. The van der Waals surface area contributed by atoms with E-state index < -0.39 is 12.0 Å². The quantitative estimate of drug-likeness (QED) is 0.361. The van der Waals surface area contributed by atoms with Crippen LogP contribution in [0.5, 0.6) is 5.75 Å². The minimum Gasteiger partial charge on any atom is -0.495 e. The van der Waals surface area contributed by atoms with Gasteiger partial charge in [-0.1, -0.05) is 11.6 Å². The number of piperazine rings is 1. The lowest BCUT2D eigenvalue weighted by Crippen LogP contribution is -2.54. The zero-order valence-corrected chi connectivity index (χ0v) is 19.3. The summed E-state index contributed by atoms with van der Waals surface area (Å²) in [6, 6.07) is 6.64. The standard InChI is InChI=1S/C20H20ClFIN5O2/c1-12-10-26(16-9-17(30-2)14(21)8-15(16)22)6-7-27(12)18(11-29)28-20-13(19(23)25-28)4-3-5-24-20/h3-5,8-9,11-12,18H,6-7,10H2,1-2H3/t12-,18?/m0/s1. The first kappa shape index (κ1) is 21.3. The van der Waals surface area contributed by atoms with Crippen LogP contribution in [0.3, 0.4) is 0 Å². The Morgan fingerprint density at radius 3 is 2.90 bits per heavy atom. The molecule has 7 nitrogen and oxygen atoms in total. The van der Waals surface area contributed by atoms with Crippen LogP contribution in [0.4, 0.5) is 10.1 Å². The fourth-order valence-electron chi connectivity index (χ4n) is 3.90. The fourth-order valence-corrected chi connectivity index (χ4v) is 4.78. The molecule has 158 valence electrons. The second-order valence-electron chi connectivity index (χ2n) is 7.13. The molecule has 0 saturated carbocycles. The Hall–Kier alpha value is -1.98. The third-order valence-electron chi connectivity index (χ3n) is 5.37. The number of hydrogen-bond acceptors (Lipinski definition) is 6. The van der Waals surface area contributed by atoms with Gasteiger partial charge in [-0.25, -0.2) is 14.1 Å². The van der Waals surface area contributed by atoms with Crippen LogP contribution in [-0.4, -0.2) is 58.7 Å². The smallest absolute Gasteiger partial charge is 0.163 e. The van der Waals surface area contributed by atoms with Crippen molar-refractivity contribution in [3.8, 4) is 5.75 Å². The summed E-state index contributed by atoms with van der Waals surface area (Å²) in [6.45, 7) is 3.65. The Labute approximate surface area is 191 Å². The molecule has 0 amide bonds. The van der Waals surface area contributed by atoms with E-state index in [1.807, 2.05) is 24.0 Å². The minimum atomic E-state index is -0.590. The molecule has 0 spiro atoms. The van der Waals surface area contributed by atoms with Gasteiger partial charge in [-0.15, -0.1) is 0 Å². The van der Waals surface area contributed by atoms with E-state index in [0.717, 1.165) is 15.4 Å². The van der Waals surface area contributed by atoms with Crippen LogP contribution in [-0.2, 0) is 4.79 Å². The van der Waals surface area contributed by atoms with Gasteiger partial charge in [0.1, 0.15) is 15.3 Å². The first-order valence-electron chi connectivity index (χ1n) is 9.42. The van der Waals surface area contributed by atoms with Crippen LogP contribution in [0.2, 0.25) is 5.02 Å². The van der Waals surface area contributed by atoms with Gasteiger partial charge in [0.05, 0.1) is 23.2 Å². The zero-order valence-electron chi connectivity index (χ0n) is 16.4. The number of pyridine rings is 1. The Morgan fingerprint density at radius 2 is 2.20 bits per heavy atom. The number of nitrogens with zero attached hydrogens (tertiary/aromatic N) is 5. The maximum absolute atomic E-state index is 14.6. The lowest BCUT2D eigenvalue weighted by molar-refractivity contribution is -0.117. The molecule has 1 unspecified atom stereocenters. The lowest BCUT2D eigenvalue weighted by atomic mass is 10.1. The topological polar surface area (TPSA) is 63.5 Å². The first-order valence-corrected chi connectivity index (χ1v) is 10.9. The Kier molecular flexibility index (Phi) is 6.12. The molecule has 1 saturated heterocycles. The molecule has 0 aliphatic carbocycles. The predicted molar refractivity (Wildman–Crippen MR) is 122 cm³/mol. The van der Waals surface area contributed by atoms with Gasteiger partial charge in [0.25, 0.3) is 0 Å². The van der Waals surface area contributed by atoms with Crippen molar-refractivity contribution in [2.75, 3.05) is 31.6 Å². The van der Waals surface area contributed by atoms with Crippen molar-refractivity contribution in [3.63, 3.8) is 0 Å². The van der Waals surface area contributed by atoms with E-state index in [2.05, 4.69) is 37.6 Å². The molecule has 1 fully saturated rings. The molecule has 3 heterocycles. The van der Waals surface area contributed by atoms with Gasteiger partial charge in [-0.3, -0.25) is 9.69 Å². The SMILES string of the molecule is COc1cc(N2CCN(C(C=O)n3nc(I)c4cccnc43)[C@@H](C)C2)c(F)cc1Cl. The average molecular weight is 544 g/mol. The molecular weight excluding hydrogens is 524 g/mol. The number of benzene rings is 1. The highest BCUT2D eigenvalue weighted by atomic mass is 127. The van der Waals surface area contributed by atoms with Gasteiger partial charge in [0.15, 0.2) is 18.1 Å². The summed E-state index contributed by atoms with van der Waals surface area (Å²) >= 11 is 8.17. The number of anilines is 1. The summed E-state index contributed by atoms with van der Waals surface area (Å²) in [4.78, 5) is 20.5. The van der Waals surface area contributed by atoms with Gasteiger partial charge in [-0.05, 0) is 47.7 Å². The van der Waals surface area contributed by atoms with E-state index in [0.29, 0.717) is 36.7 Å². The predicted octanol–water partition coefficient (Wildman–Crippen LogP) is 3.75. The third-order valence-corrected chi connectivity index (χ3v) is 6.47. The summed E-state index contributed by atoms with van der Waals surface area (Å²) in [7, 11) is 1.50. The average Bonchev–Trinajstić information content (AvgIpc) is 3.07. The first-order chi connectivity index (χ1) is 14.4. The minimum absolute atomic E-state index is 0.0318. The number of carbonyl (C=O) groups is 1. The van der Waals surface area contributed by atoms with E-state index in [1.165, 1.54) is 13.2 Å². The molecule has 30 heavy (non-hydrogen) atoms. The van der Waals surface area contributed by atoms with E-state index in [1.54, 1.807) is 16.9 Å². The second-order valence-corrected chi connectivity index (χ2v) is 8.56. The molecular formula is C20H20ClFIN5O2. The largest absolute Gasteiger partial charge is 0.495 e. The van der Waals surface area contributed by atoms with Gasteiger partial charge in [0.2, 0.25) is 0 Å². The number of carbonyl (C=O) groups excluding carboxylic acids is 1. The van der Waals surface area contributed by atoms with E-state index >= 15 is 0 Å². The number of halogens is 3. The molecule has 1 aromatic carbocycles. The molecule has 4 rings (SSSR count). The highest BCUT2D eigenvalue weighted by Gasteiger charge is 2.33. The van der Waals surface area contributed by atoms with Crippen molar-refractivity contribution in [2.45, 2.75) is 19.1 Å². The lowest BCUT2D eigenvalue weighted by Gasteiger charge is -2.43. The van der Waals surface area contributed by atoms with Gasteiger partial charge >= 0.3 is 0 Å². The zero-order chi connectivity index (χ0) is 21.4. The van der Waals surface area contributed by atoms with Gasteiger partial charge in [0, 0.05) is 37.9 Å². The van der Waals surface area contributed by atoms with Crippen LogP contribution in [0, 0.1) is 9.52 Å². The van der Waals surface area contributed by atoms with Gasteiger partial charge < -0.3 is 9.64 Å². The molecule has 10 heteroatoms. The van der Waals surface area contributed by atoms with E-state index in [4.69, 9.17) is 16.3 Å². The second kappa shape index (κ2) is 8.64. The molecule has 0 radical (unpaired) electrons. The van der Waals surface area contributed by atoms with Crippen molar-refractivity contribution >= 4 is 57.2 Å². The van der Waals surface area contributed by atoms with Crippen LogP contribution in [0.1, 0.15) is 13.1 Å². The number of fused-ring (bicyclic) bond motifs is 1. The third kappa shape index (κ3) is 3.74. The molecule has 0 bridgehead atoms. The molecule has 2 aromatic heterocycles. The highest BCUT2D eigenvalue weighted by Crippen LogP contribution is 2.34. The molecule has 1 aliphatic rings. The summed E-state index contributed by atoms with van der Waals surface area (Å²) in [5, 5.41) is 5.70. The van der Waals surface area contributed by atoms with Crippen molar-refractivity contribution in [1.82, 2.24) is 19.7 Å². The fraction of sp³-hybridized carbons (Fsp3) is 0.350. The monoisotopic (exact) mass is 543 g/mol. The van der Waals surface area contributed by atoms with Crippen LogP contribution >= 0.6 is 34.2 Å². The molecule has 3 aromatic rings. The van der Waals surface area contributed by atoms with Crippen molar-refractivity contribution < 1.29 is 13.9 Å². The Balaban J connectivity index is 1.60. The van der Waals surface area contributed by atoms with Crippen LogP contribution in [0.15, 0.2) is 30.5 Å². The molecule has 1 aliphatic heterocycles. The number of aromatic nitrogens is 3. The van der Waals surface area contributed by atoms with E-state index in [9.17, 15) is 9.18 Å². The highest BCUT2D eigenvalue weighted by molar-refractivity contribution is 14.1. The normalized spacial score (nSPS) is 18.6. The summed E-state index contributed by atoms with van der Waals surface area (Å²) in [5.74, 6) is 0.0304. The number of ether oxygens (including phenoxy) is 1. The number of aldehydes is 1. The number of rotatable bonds is 5. The molecule has 2 atom stereocenters. The van der Waals surface area contributed by atoms with Crippen molar-refractivity contribution in [1.29, 1.82) is 0 Å². The number of methoxy groups -OCH3 is 1. The Bertz CT molecular complexity index is 1090. The van der Waals surface area contributed by atoms with Crippen LogP contribution in [0.25, 0.3) is 11.0 Å². The summed E-state index contributed by atoms with van der Waals surface area (Å²) in [5.41, 5.74) is 1.10. The summed E-state index contributed by atoms with van der Waals surface area (Å²) < 4.78 is 22.3. The van der Waals surface area contributed by atoms with E-state index in [-0.39, 0.29) is 11.1 Å². The summed E-state index contributed by atoms with van der Waals surface area (Å²) in [6.07, 6.45) is 1.99.